The summed E-state index contributed by atoms with van der Waals surface area (Å²) in [7, 11) is 0. The van der Waals surface area contributed by atoms with Crippen LogP contribution in [0.3, 0.4) is 0 Å². The van der Waals surface area contributed by atoms with Crippen molar-refractivity contribution >= 4 is 28.6 Å². The van der Waals surface area contributed by atoms with E-state index in [1.54, 1.807) is 6.92 Å². The van der Waals surface area contributed by atoms with Crippen LogP contribution in [0, 0.1) is 25.2 Å². The second kappa shape index (κ2) is 8.93. The number of rotatable bonds is 6. The van der Waals surface area contributed by atoms with Gasteiger partial charge < -0.3 is 9.47 Å². The molecule has 0 unspecified atom stereocenters. The summed E-state index contributed by atoms with van der Waals surface area (Å²) < 4.78 is 10.9. The van der Waals surface area contributed by atoms with Crippen molar-refractivity contribution in [3.8, 4) is 11.8 Å². The third-order valence-corrected chi connectivity index (χ3v) is 5.35. The van der Waals surface area contributed by atoms with Crippen molar-refractivity contribution in [3.05, 3.63) is 52.8 Å². The van der Waals surface area contributed by atoms with E-state index >= 15 is 0 Å². The van der Waals surface area contributed by atoms with E-state index in [-0.39, 0.29) is 6.61 Å². The van der Waals surface area contributed by atoms with Crippen molar-refractivity contribution in [2.75, 3.05) is 13.2 Å². The fourth-order valence-electron chi connectivity index (χ4n) is 2.98. The number of hydrogen-bond acceptors (Lipinski definition) is 7. The second-order valence-corrected chi connectivity index (χ2v) is 7.31. The van der Waals surface area contributed by atoms with Gasteiger partial charge in [0.05, 0.1) is 29.9 Å². The number of carbonyl (C=O) groups excluding carboxylic acids is 1. The fourth-order valence-corrected chi connectivity index (χ4v) is 4.19. The lowest BCUT2D eigenvalue weighted by molar-refractivity contribution is 0.0522. The molecule has 148 valence electrons. The Morgan fingerprint density at radius 3 is 2.69 bits per heavy atom. The molecule has 0 amide bonds. The molecule has 0 aliphatic rings. The number of pyridine rings is 2. The normalized spacial score (nSPS) is 10.6. The monoisotopic (exact) mass is 407 g/mol. The number of benzene rings is 1. The molecular weight excluding hydrogens is 386 g/mol. The summed E-state index contributed by atoms with van der Waals surface area (Å²) in [5, 5.41) is 10.9. The Hall–Kier alpha value is -3.11. The Morgan fingerprint density at radius 2 is 2.00 bits per heavy atom. The molecule has 2 heterocycles. The van der Waals surface area contributed by atoms with Gasteiger partial charge in [-0.05, 0) is 57.5 Å². The Balaban J connectivity index is 2.25. The third kappa shape index (κ3) is 4.33. The van der Waals surface area contributed by atoms with E-state index in [1.807, 2.05) is 45.0 Å². The minimum Gasteiger partial charge on any atom is -0.494 e. The van der Waals surface area contributed by atoms with Gasteiger partial charge in [0.15, 0.2) is 0 Å². The van der Waals surface area contributed by atoms with E-state index in [4.69, 9.17) is 9.47 Å². The van der Waals surface area contributed by atoms with E-state index in [2.05, 4.69) is 16.0 Å². The van der Waals surface area contributed by atoms with Gasteiger partial charge in [0.25, 0.3) is 0 Å². The molecule has 0 atom stereocenters. The first-order chi connectivity index (χ1) is 14.0. The molecule has 0 aliphatic heterocycles. The highest BCUT2D eigenvalue weighted by molar-refractivity contribution is 7.99. The van der Waals surface area contributed by atoms with Gasteiger partial charge in [-0.25, -0.2) is 9.78 Å². The van der Waals surface area contributed by atoms with Crippen LogP contribution < -0.4 is 4.74 Å². The van der Waals surface area contributed by atoms with Crippen LogP contribution in [-0.2, 0) is 4.74 Å². The number of aromatic nitrogens is 2. The van der Waals surface area contributed by atoms with Gasteiger partial charge >= 0.3 is 5.97 Å². The number of fused-ring (bicyclic) bond motifs is 1. The van der Waals surface area contributed by atoms with Gasteiger partial charge in [0, 0.05) is 22.2 Å². The van der Waals surface area contributed by atoms with E-state index in [9.17, 15) is 10.1 Å². The van der Waals surface area contributed by atoms with Crippen molar-refractivity contribution in [1.29, 1.82) is 5.26 Å². The summed E-state index contributed by atoms with van der Waals surface area (Å²) in [5.41, 5.74) is 3.18. The molecule has 0 fully saturated rings. The van der Waals surface area contributed by atoms with Crippen molar-refractivity contribution in [2.24, 2.45) is 0 Å². The summed E-state index contributed by atoms with van der Waals surface area (Å²) in [4.78, 5) is 22.2. The van der Waals surface area contributed by atoms with Crippen LogP contribution in [0.15, 0.2) is 40.4 Å². The molecule has 0 bridgehead atoms. The minimum atomic E-state index is -0.464. The van der Waals surface area contributed by atoms with Crippen molar-refractivity contribution in [3.63, 3.8) is 0 Å². The summed E-state index contributed by atoms with van der Waals surface area (Å²) in [6, 6.07) is 9.63. The minimum absolute atomic E-state index is 0.255. The van der Waals surface area contributed by atoms with E-state index in [1.165, 1.54) is 18.0 Å². The van der Waals surface area contributed by atoms with Gasteiger partial charge in [-0.1, -0.05) is 11.8 Å². The summed E-state index contributed by atoms with van der Waals surface area (Å²) in [6.07, 6.45) is 1.51. The lowest BCUT2D eigenvalue weighted by atomic mass is 10.1. The molecule has 3 aromatic rings. The molecule has 0 N–H and O–H groups in total. The largest absolute Gasteiger partial charge is 0.494 e. The number of ether oxygens (including phenoxy) is 2. The molecule has 0 saturated heterocycles. The van der Waals surface area contributed by atoms with Crippen LogP contribution >= 0.6 is 11.8 Å². The summed E-state index contributed by atoms with van der Waals surface area (Å²) in [6.45, 7) is 8.20. The van der Waals surface area contributed by atoms with Gasteiger partial charge in [0.2, 0.25) is 0 Å². The highest BCUT2D eigenvalue weighted by atomic mass is 32.2. The number of esters is 1. The standard InChI is InChI=1S/C22H21N3O3S/c1-5-27-15-7-8-19-16(10-15)20(18(12-24-19)22(26)28-6-2)29-21-17(11-23)13(3)9-14(4)25-21/h7-10,12H,5-6H2,1-4H3. The molecular formula is C22H21N3O3S. The molecule has 7 heteroatoms. The number of carbonyl (C=O) groups is 1. The number of nitriles is 1. The zero-order valence-electron chi connectivity index (χ0n) is 16.8. The summed E-state index contributed by atoms with van der Waals surface area (Å²) >= 11 is 1.27. The molecule has 6 nitrogen and oxygen atoms in total. The first kappa shape index (κ1) is 20.6. The average Bonchev–Trinajstić information content (AvgIpc) is 2.68. The molecule has 1 aromatic carbocycles. The van der Waals surface area contributed by atoms with Crippen molar-refractivity contribution in [1.82, 2.24) is 9.97 Å². The van der Waals surface area contributed by atoms with E-state index in [0.717, 1.165) is 16.6 Å². The van der Waals surface area contributed by atoms with Crippen LogP contribution in [-0.4, -0.2) is 29.2 Å². The maximum Gasteiger partial charge on any atom is 0.340 e. The topological polar surface area (TPSA) is 85.1 Å². The molecule has 0 aliphatic carbocycles. The Labute approximate surface area is 173 Å². The lowest BCUT2D eigenvalue weighted by Crippen LogP contribution is -2.08. The van der Waals surface area contributed by atoms with Crippen LogP contribution in [0.5, 0.6) is 5.75 Å². The highest BCUT2D eigenvalue weighted by Crippen LogP contribution is 2.38. The van der Waals surface area contributed by atoms with Gasteiger partial charge in [0.1, 0.15) is 16.8 Å². The first-order valence-electron chi connectivity index (χ1n) is 9.27. The zero-order valence-corrected chi connectivity index (χ0v) is 17.6. The molecule has 0 spiro atoms. The number of hydrogen-bond donors (Lipinski definition) is 0. The van der Waals surface area contributed by atoms with Crippen molar-refractivity contribution in [2.45, 2.75) is 37.6 Å². The highest BCUT2D eigenvalue weighted by Gasteiger charge is 2.21. The maximum absolute atomic E-state index is 12.6. The number of nitrogens with zero attached hydrogens (tertiary/aromatic N) is 3. The molecule has 0 saturated carbocycles. The Kier molecular flexibility index (Phi) is 6.35. The lowest BCUT2D eigenvalue weighted by Gasteiger charge is -2.14. The van der Waals surface area contributed by atoms with Crippen LogP contribution in [0.4, 0.5) is 0 Å². The molecule has 3 rings (SSSR count). The van der Waals surface area contributed by atoms with Gasteiger partial charge in [-0.3, -0.25) is 4.98 Å². The van der Waals surface area contributed by atoms with Crippen LogP contribution in [0.25, 0.3) is 10.9 Å². The zero-order chi connectivity index (χ0) is 21.0. The van der Waals surface area contributed by atoms with Crippen LogP contribution in [0.1, 0.15) is 41.0 Å². The first-order valence-corrected chi connectivity index (χ1v) is 10.1. The predicted molar refractivity (Wildman–Crippen MR) is 111 cm³/mol. The molecule has 29 heavy (non-hydrogen) atoms. The predicted octanol–water partition coefficient (Wildman–Crippen LogP) is 4.84. The van der Waals surface area contributed by atoms with E-state index in [0.29, 0.717) is 38.9 Å². The SMILES string of the molecule is CCOC(=O)c1cnc2ccc(OCC)cc2c1Sc1nc(C)cc(C)c1C#N. The van der Waals surface area contributed by atoms with Gasteiger partial charge in [-0.2, -0.15) is 5.26 Å². The van der Waals surface area contributed by atoms with Crippen molar-refractivity contribution < 1.29 is 14.3 Å². The van der Waals surface area contributed by atoms with Gasteiger partial charge in [-0.15, -0.1) is 0 Å². The summed E-state index contributed by atoms with van der Waals surface area (Å²) in [5.74, 6) is 0.215. The maximum atomic E-state index is 12.6. The number of aryl methyl sites for hydroxylation is 2. The Morgan fingerprint density at radius 1 is 1.21 bits per heavy atom. The van der Waals surface area contributed by atoms with E-state index < -0.39 is 5.97 Å². The Bertz CT molecular complexity index is 1120. The molecule has 0 radical (unpaired) electrons. The molecule has 2 aromatic heterocycles. The third-order valence-electron chi connectivity index (χ3n) is 4.22. The van der Waals surface area contributed by atoms with Crippen LogP contribution in [0.2, 0.25) is 0 Å². The average molecular weight is 407 g/mol. The smallest absolute Gasteiger partial charge is 0.340 e. The second-order valence-electron chi connectivity index (χ2n) is 6.31. The fraction of sp³-hybridized carbons (Fsp3) is 0.273. The quantitative estimate of drug-likeness (QED) is 0.540.